The number of carbonyl (C=O) groups excluding carboxylic acids is 2. The number of nitrogens with one attached hydrogen (secondary N) is 1. The van der Waals surface area contributed by atoms with Crippen LogP contribution in [0.1, 0.15) is 22.5 Å². The molecule has 2 aromatic rings. The van der Waals surface area contributed by atoms with Gasteiger partial charge in [-0.3, -0.25) is 24.4 Å². The van der Waals surface area contributed by atoms with Gasteiger partial charge in [-0.2, -0.15) is 5.10 Å². The molecule has 1 aromatic heterocycles. The van der Waals surface area contributed by atoms with Crippen molar-refractivity contribution in [3.05, 3.63) is 50.8 Å². The summed E-state index contributed by atoms with van der Waals surface area (Å²) in [5.41, 5.74) is 2.88. The Kier molecular flexibility index (Phi) is 5.71. The molecule has 0 unspecified atom stereocenters. The van der Waals surface area contributed by atoms with Crippen LogP contribution in [0.4, 0.5) is 11.4 Å². The fourth-order valence-corrected chi connectivity index (χ4v) is 2.48. The van der Waals surface area contributed by atoms with Crippen LogP contribution in [0, 0.1) is 37.8 Å². The molecule has 0 spiro atoms. The normalized spacial score (nSPS) is 10.5. The summed E-state index contributed by atoms with van der Waals surface area (Å²) in [4.78, 5) is 34.3. The van der Waals surface area contributed by atoms with Crippen molar-refractivity contribution in [1.82, 2.24) is 9.78 Å². The van der Waals surface area contributed by atoms with E-state index in [-0.39, 0.29) is 23.6 Å². The number of hydrogen-bond acceptors (Lipinski definition) is 6. The number of anilines is 1. The topological polar surface area (TPSA) is 116 Å². The first-order chi connectivity index (χ1) is 12.2. The number of hydrogen-bond donors (Lipinski definition) is 1. The third kappa shape index (κ3) is 4.44. The van der Waals surface area contributed by atoms with Crippen molar-refractivity contribution in [2.24, 2.45) is 0 Å². The summed E-state index contributed by atoms with van der Waals surface area (Å²) in [5, 5.41) is 17.6. The lowest BCUT2D eigenvalue weighted by Crippen LogP contribution is -2.24. The van der Waals surface area contributed by atoms with Gasteiger partial charge in [-0.05, 0) is 44.9 Å². The van der Waals surface area contributed by atoms with E-state index in [1.165, 1.54) is 18.5 Å². The van der Waals surface area contributed by atoms with Crippen molar-refractivity contribution in [2.75, 3.05) is 11.9 Å². The van der Waals surface area contributed by atoms with Crippen molar-refractivity contribution < 1.29 is 19.2 Å². The van der Waals surface area contributed by atoms with Crippen LogP contribution in [-0.2, 0) is 20.9 Å². The van der Waals surface area contributed by atoms with Gasteiger partial charge in [0.15, 0.2) is 6.61 Å². The molecule has 0 fully saturated rings. The molecule has 0 aliphatic heterocycles. The lowest BCUT2D eigenvalue weighted by Gasteiger charge is -2.10. The van der Waals surface area contributed by atoms with Crippen LogP contribution in [0.25, 0.3) is 0 Å². The minimum absolute atomic E-state index is 0.134. The Balaban J connectivity index is 1.93. The van der Waals surface area contributed by atoms with Crippen molar-refractivity contribution in [2.45, 2.75) is 34.2 Å². The Labute approximate surface area is 150 Å². The van der Waals surface area contributed by atoms with E-state index in [0.717, 1.165) is 11.1 Å². The van der Waals surface area contributed by atoms with Crippen LogP contribution in [0.2, 0.25) is 0 Å². The smallest absolute Gasteiger partial charge is 0.328 e. The second-order valence-corrected chi connectivity index (χ2v) is 5.96. The summed E-state index contributed by atoms with van der Waals surface area (Å²) in [6.07, 6.45) is 0. The second kappa shape index (κ2) is 7.77. The highest BCUT2D eigenvalue weighted by Gasteiger charge is 2.23. The van der Waals surface area contributed by atoms with E-state index in [0.29, 0.717) is 5.69 Å². The third-order valence-corrected chi connectivity index (χ3v) is 3.84. The molecule has 26 heavy (non-hydrogen) atoms. The number of nitro groups is 1. The van der Waals surface area contributed by atoms with E-state index < -0.39 is 23.4 Å². The third-order valence-electron chi connectivity index (χ3n) is 3.84. The first kappa shape index (κ1) is 19.1. The number of rotatable bonds is 6. The number of carbonyl (C=O) groups is 2. The maximum Gasteiger partial charge on any atom is 0.328 e. The van der Waals surface area contributed by atoms with Crippen molar-refractivity contribution in [1.29, 1.82) is 0 Å². The van der Waals surface area contributed by atoms with Crippen LogP contribution in [0.5, 0.6) is 0 Å². The number of amides is 1. The van der Waals surface area contributed by atoms with Gasteiger partial charge in [0.1, 0.15) is 17.9 Å². The molecular weight excluding hydrogens is 340 g/mol. The van der Waals surface area contributed by atoms with Crippen LogP contribution in [-0.4, -0.2) is 33.2 Å². The van der Waals surface area contributed by atoms with Gasteiger partial charge in [-0.25, -0.2) is 0 Å². The molecule has 1 N–H and O–H groups in total. The zero-order valence-corrected chi connectivity index (χ0v) is 15.0. The molecule has 9 heteroatoms. The molecule has 0 aliphatic carbocycles. The number of benzene rings is 1. The maximum absolute atomic E-state index is 11.9. The first-order valence-electron chi connectivity index (χ1n) is 7.90. The molecule has 9 nitrogen and oxygen atoms in total. The minimum atomic E-state index is -0.707. The average molecular weight is 360 g/mol. The van der Waals surface area contributed by atoms with Gasteiger partial charge in [-0.15, -0.1) is 0 Å². The molecule has 1 heterocycles. The Bertz CT molecular complexity index is 872. The Morgan fingerprint density at radius 1 is 1.27 bits per heavy atom. The van der Waals surface area contributed by atoms with Gasteiger partial charge >= 0.3 is 11.7 Å². The number of nitrogens with zero attached hydrogens (tertiary/aromatic N) is 3. The van der Waals surface area contributed by atoms with Gasteiger partial charge in [0.2, 0.25) is 0 Å². The van der Waals surface area contributed by atoms with Gasteiger partial charge < -0.3 is 10.1 Å². The van der Waals surface area contributed by atoms with E-state index in [4.69, 9.17) is 4.74 Å². The maximum atomic E-state index is 11.9. The molecule has 138 valence electrons. The molecule has 0 saturated heterocycles. The van der Waals surface area contributed by atoms with Gasteiger partial charge in [0.05, 0.1) is 4.92 Å². The number of aromatic nitrogens is 2. The molecule has 0 aliphatic rings. The number of ether oxygens (including phenoxy) is 1. The molecule has 1 amide bonds. The van der Waals surface area contributed by atoms with Gasteiger partial charge in [0, 0.05) is 5.69 Å². The highest BCUT2D eigenvalue weighted by Crippen LogP contribution is 2.21. The Morgan fingerprint density at radius 3 is 2.58 bits per heavy atom. The molecule has 0 atom stereocenters. The summed E-state index contributed by atoms with van der Waals surface area (Å²) >= 11 is 0. The van der Waals surface area contributed by atoms with E-state index in [9.17, 15) is 19.7 Å². The summed E-state index contributed by atoms with van der Waals surface area (Å²) < 4.78 is 6.13. The van der Waals surface area contributed by atoms with E-state index in [2.05, 4.69) is 10.4 Å². The number of aryl methyl sites for hydroxylation is 3. The van der Waals surface area contributed by atoms with Gasteiger partial charge in [0.25, 0.3) is 5.91 Å². The summed E-state index contributed by atoms with van der Waals surface area (Å²) in [7, 11) is 0. The molecule has 0 bridgehead atoms. The van der Waals surface area contributed by atoms with Crippen LogP contribution >= 0.6 is 0 Å². The zero-order chi connectivity index (χ0) is 19.4. The summed E-state index contributed by atoms with van der Waals surface area (Å²) in [6, 6.07) is 5.63. The zero-order valence-electron chi connectivity index (χ0n) is 15.0. The van der Waals surface area contributed by atoms with Crippen LogP contribution in [0.3, 0.4) is 0 Å². The lowest BCUT2D eigenvalue weighted by atomic mass is 10.1. The second-order valence-electron chi connectivity index (χ2n) is 5.96. The predicted molar refractivity (Wildman–Crippen MR) is 93.9 cm³/mol. The SMILES string of the molecule is Cc1ccc(C)c(NC(=O)COC(=O)Cn2nc(C)c([N+](=O)[O-])c2C)c1. The summed E-state index contributed by atoms with van der Waals surface area (Å²) in [6.45, 7) is 5.99. The molecule has 0 saturated carbocycles. The first-order valence-corrected chi connectivity index (χ1v) is 7.90. The molecule has 1 aromatic carbocycles. The molecule has 0 radical (unpaired) electrons. The van der Waals surface area contributed by atoms with E-state index in [1.807, 2.05) is 32.0 Å². The molecule has 2 rings (SSSR count). The van der Waals surface area contributed by atoms with Crippen molar-refractivity contribution in [3.8, 4) is 0 Å². The Hall–Kier alpha value is -3.23. The lowest BCUT2D eigenvalue weighted by molar-refractivity contribution is -0.386. The van der Waals surface area contributed by atoms with E-state index >= 15 is 0 Å². The van der Waals surface area contributed by atoms with E-state index in [1.54, 1.807) is 0 Å². The fourth-order valence-electron chi connectivity index (χ4n) is 2.48. The van der Waals surface area contributed by atoms with Crippen LogP contribution in [0.15, 0.2) is 18.2 Å². The van der Waals surface area contributed by atoms with Gasteiger partial charge in [-0.1, -0.05) is 12.1 Å². The average Bonchev–Trinajstić information content (AvgIpc) is 2.83. The Morgan fingerprint density at radius 2 is 1.96 bits per heavy atom. The van der Waals surface area contributed by atoms with Crippen LogP contribution < -0.4 is 5.32 Å². The largest absolute Gasteiger partial charge is 0.454 e. The minimum Gasteiger partial charge on any atom is -0.454 e. The molecular formula is C17H20N4O5. The highest BCUT2D eigenvalue weighted by atomic mass is 16.6. The van der Waals surface area contributed by atoms with Crippen molar-refractivity contribution in [3.63, 3.8) is 0 Å². The predicted octanol–water partition coefficient (Wildman–Crippen LogP) is 2.21. The highest BCUT2D eigenvalue weighted by molar-refractivity contribution is 5.93. The number of esters is 1. The summed E-state index contributed by atoms with van der Waals surface area (Å²) in [5.74, 6) is -1.17. The monoisotopic (exact) mass is 360 g/mol. The van der Waals surface area contributed by atoms with Crippen molar-refractivity contribution >= 4 is 23.3 Å². The standard InChI is InChI=1S/C17H20N4O5/c1-10-5-6-11(2)14(7-10)18-15(22)9-26-16(23)8-20-13(4)17(21(24)25)12(3)19-20/h5-7H,8-9H2,1-4H3,(H,18,22). The quantitative estimate of drug-likeness (QED) is 0.479. The fraction of sp³-hybridized carbons (Fsp3) is 0.353.